The third-order valence-corrected chi connectivity index (χ3v) is 2.70. The lowest BCUT2D eigenvalue weighted by Gasteiger charge is -2.18. The Morgan fingerprint density at radius 3 is 2.33 bits per heavy atom. The molecule has 0 aromatic heterocycles. The molecule has 0 fully saturated rings. The minimum Gasteiger partial charge on any atom is -0.387 e. The number of aliphatic hydroxyl groups is 1. The number of alkyl halides is 3. The number of aliphatic hydroxyl groups excluding tert-OH is 1. The molecule has 1 aromatic carbocycles. The number of rotatable bonds is 5. The van der Waals surface area contributed by atoms with Gasteiger partial charge in [-0.1, -0.05) is 23.7 Å². The molecule has 18 heavy (non-hydrogen) atoms. The fourth-order valence-electron chi connectivity index (χ4n) is 1.53. The predicted octanol–water partition coefficient (Wildman–Crippen LogP) is 3.30. The average Bonchev–Trinajstić information content (AvgIpc) is 2.24. The molecule has 1 aromatic rings. The van der Waals surface area contributed by atoms with Gasteiger partial charge in [0.2, 0.25) is 0 Å². The zero-order valence-electron chi connectivity index (χ0n) is 9.84. The van der Waals surface area contributed by atoms with Crippen molar-refractivity contribution in [3.8, 4) is 0 Å². The number of hydrogen-bond donors (Lipinski definition) is 2. The summed E-state index contributed by atoms with van der Waals surface area (Å²) in [6.45, 7) is 1.50. The lowest BCUT2D eigenvalue weighted by atomic mass is 10.1. The molecule has 0 aliphatic heterocycles. The first kappa shape index (κ1) is 15.3. The summed E-state index contributed by atoms with van der Waals surface area (Å²) >= 11 is 5.69. The molecular formula is C12H15ClF3NO. The summed E-state index contributed by atoms with van der Waals surface area (Å²) in [5, 5.41) is 13.0. The van der Waals surface area contributed by atoms with Crippen LogP contribution in [0.2, 0.25) is 5.02 Å². The molecule has 0 aliphatic carbocycles. The van der Waals surface area contributed by atoms with Crippen molar-refractivity contribution in [3.63, 3.8) is 0 Å². The highest BCUT2D eigenvalue weighted by Crippen LogP contribution is 2.22. The van der Waals surface area contributed by atoms with E-state index in [0.29, 0.717) is 10.6 Å². The van der Waals surface area contributed by atoms with Gasteiger partial charge in [-0.3, -0.25) is 0 Å². The van der Waals surface area contributed by atoms with Crippen molar-refractivity contribution in [1.29, 1.82) is 0 Å². The molecule has 0 amide bonds. The van der Waals surface area contributed by atoms with Crippen LogP contribution in [0.5, 0.6) is 0 Å². The number of hydrogen-bond acceptors (Lipinski definition) is 2. The van der Waals surface area contributed by atoms with Crippen molar-refractivity contribution in [2.45, 2.75) is 31.7 Å². The summed E-state index contributed by atoms with van der Waals surface area (Å²) in [5.41, 5.74) is 0.617. The van der Waals surface area contributed by atoms with Crippen LogP contribution in [0.4, 0.5) is 13.2 Å². The van der Waals surface area contributed by atoms with Gasteiger partial charge < -0.3 is 10.4 Å². The SMILES string of the molecule is CC(CC(F)(F)F)NCC(O)c1ccc(Cl)cc1. The van der Waals surface area contributed by atoms with E-state index >= 15 is 0 Å². The van der Waals surface area contributed by atoms with Crippen LogP contribution in [0.15, 0.2) is 24.3 Å². The molecule has 0 saturated carbocycles. The second-order valence-corrected chi connectivity index (χ2v) is 4.63. The first-order chi connectivity index (χ1) is 8.28. The first-order valence-electron chi connectivity index (χ1n) is 5.51. The van der Waals surface area contributed by atoms with E-state index in [-0.39, 0.29) is 6.54 Å². The van der Waals surface area contributed by atoms with Crippen molar-refractivity contribution >= 4 is 11.6 Å². The van der Waals surface area contributed by atoms with Crippen LogP contribution < -0.4 is 5.32 Å². The van der Waals surface area contributed by atoms with Crippen LogP contribution in [0, 0.1) is 0 Å². The van der Waals surface area contributed by atoms with Crippen molar-refractivity contribution < 1.29 is 18.3 Å². The molecule has 0 aliphatic rings. The summed E-state index contributed by atoms with van der Waals surface area (Å²) in [7, 11) is 0. The van der Waals surface area contributed by atoms with Crippen molar-refractivity contribution in [2.75, 3.05) is 6.54 Å². The first-order valence-corrected chi connectivity index (χ1v) is 5.89. The fourth-order valence-corrected chi connectivity index (χ4v) is 1.66. The van der Waals surface area contributed by atoms with Gasteiger partial charge in [-0.05, 0) is 24.6 Å². The predicted molar refractivity (Wildman–Crippen MR) is 64.5 cm³/mol. The Balaban J connectivity index is 2.41. The highest BCUT2D eigenvalue weighted by Gasteiger charge is 2.29. The summed E-state index contributed by atoms with van der Waals surface area (Å²) < 4.78 is 36.2. The summed E-state index contributed by atoms with van der Waals surface area (Å²) in [4.78, 5) is 0. The molecule has 6 heteroatoms. The molecule has 0 radical (unpaired) electrons. The normalized spacial score (nSPS) is 15.4. The molecule has 102 valence electrons. The Hall–Kier alpha value is -0.780. The average molecular weight is 282 g/mol. The van der Waals surface area contributed by atoms with Crippen LogP contribution in [0.3, 0.4) is 0 Å². The van der Waals surface area contributed by atoms with Gasteiger partial charge in [0.1, 0.15) is 0 Å². The number of nitrogens with one attached hydrogen (secondary N) is 1. The van der Waals surface area contributed by atoms with E-state index < -0.39 is 24.7 Å². The smallest absolute Gasteiger partial charge is 0.387 e. The van der Waals surface area contributed by atoms with Crippen molar-refractivity contribution in [1.82, 2.24) is 5.32 Å². The second-order valence-electron chi connectivity index (χ2n) is 4.20. The highest BCUT2D eigenvalue weighted by atomic mass is 35.5. The third-order valence-electron chi connectivity index (χ3n) is 2.45. The molecule has 0 saturated heterocycles. The van der Waals surface area contributed by atoms with Gasteiger partial charge >= 0.3 is 6.18 Å². The summed E-state index contributed by atoms with van der Waals surface area (Å²) in [6, 6.07) is 5.80. The minimum absolute atomic E-state index is 0.0683. The Bertz CT molecular complexity index is 367. The molecule has 1 rings (SSSR count). The van der Waals surface area contributed by atoms with Gasteiger partial charge in [0, 0.05) is 17.6 Å². The topological polar surface area (TPSA) is 32.3 Å². The zero-order chi connectivity index (χ0) is 13.8. The van der Waals surface area contributed by atoms with E-state index in [1.807, 2.05) is 0 Å². The van der Waals surface area contributed by atoms with Gasteiger partial charge in [0.15, 0.2) is 0 Å². The largest absolute Gasteiger partial charge is 0.390 e. The molecular weight excluding hydrogens is 267 g/mol. The van der Waals surface area contributed by atoms with E-state index in [0.717, 1.165) is 0 Å². The van der Waals surface area contributed by atoms with Crippen LogP contribution >= 0.6 is 11.6 Å². The number of benzene rings is 1. The quantitative estimate of drug-likeness (QED) is 0.868. The zero-order valence-corrected chi connectivity index (χ0v) is 10.6. The molecule has 2 nitrogen and oxygen atoms in total. The lowest BCUT2D eigenvalue weighted by molar-refractivity contribution is -0.139. The summed E-state index contributed by atoms with van der Waals surface area (Å²) in [6.07, 6.45) is -5.96. The Kier molecular flexibility index (Phi) is 5.44. The van der Waals surface area contributed by atoms with Crippen LogP contribution in [0.1, 0.15) is 25.0 Å². The highest BCUT2D eigenvalue weighted by molar-refractivity contribution is 6.30. The molecule has 0 bridgehead atoms. The molecule has 0 heterocycles. The van der Waals surface area contributed by atoms with Crippen LogP contribution in [0.25, 0.3) is 0 Å². The second kappa shape index (κ2) is 6.41. The van der Waals surface area contributed by atoms with Gasteiger partial charge in [-0.15, -0.1) is 0 Å². The minimum atomic E-state index is -4.20. The van der Waals surface area contributed by atoms with Crippen LogP contribution in [-0.4, -0.2) is 23.9 Å². The van der Waals surface area contributed by atoms with Gasteiger partial charge in [0.25, 0.3) is 0 Å². The Morgan fingerprint density at radius 2 is 1.83 bits per heavy atom. The van der Waals surface area contributed by atoms with E-state index in [9.17, 15) is 18.3 Å². The number of halogens is 4. The lowest BCUT2D eigenvalue weighted by Crippen LogP contribution is -2.34. The van der Waals surface area contributed by atoms with E-state index in [4.69, 9.17) is 11.6 Å². The van der Waals surface area contributed by atoms with Gasteiger partial charge in [-0.25, -0.2) is 0 Å². The maximum absolute atomic E-state index is 12.1. The van der Waals surface area contributed by atoms with Gasteiger partial charge in [0.05, 0.1) is 12.5 Å². The molecule has 2 atom stereocenters. The van der Waals surface area contributed by atoms with Crippen molar-refractivity contribution in [3.05, 3.63) is 34.9 Å². The Labute approximate surface area is 109 Å². The maximum atomic E-state index is 12.1. The van der Waals surface area contributed by atoms with Crippen LogP contribution in [-0.2, 0) is 0 Å². The maximum Gasteiger partial charge on any atom is 0.390 e. The molecule has 2 unspecified atom stereocenters. The standard InChI is InChI=1S/C12H15ClF3NO/c1-8(6-12(14,15)16)17-7-11(18)9-2-4-10(13)5-3-9/h2-5,8,11,17-18H,6-7H2,1H3. The van der Waals surface area contributed by atoms with E-state index in [2.05, 4.69) is 5.32 Å². The monoisotopic (exact) mass is 281 g/mol. The third kappa shape index (κ3) is 5.71. The molecule has 2 N–H and O–H groups in total. The van der Waals surface area contributed by atoms with E-state index in [1.54, 1.807) is 24.3 Å². The Morgan fingerprint density at radius 1 is 1.28 bits per heavy atom. The fraction of sp³-hybridized carbons (Fsp3) is 0.500. The van der Waals surface area contributed by atoms with Crippen molar-refractivity contribution in [2.24, 2.45) is 0 Å². The van der Waals surface area contributed by atoms with Gasteiger partial charge in [-0.2, -0.15) is 13.2 Å². The van der Waals surface area contributed by atoms with E-state index in [1.165, 1.54) is 6.92 Å². The summed E-state index contributed by atoms with van der Waals surface area (Å²) in [5.74, 6) is 0. The molecule has 0 spiro atoms.